The second-order valence-electron chi connectivity index (χ2n) is 5.83. The normalized spacial score (nSPS) is 16.5. The van der Waals surface area contributed by atoms with Gasteiger partial charge in [0.2, 0.25) is 0 Å². The van der Waals surface area contributed by atoms with E-state index in [-0.39, 0.29) is 0 Å². The lowest BCUT2D eigenvalue weighted by atomic mass is 9.94. The molecule has 1 heterocycles. The molecular weight excluding hydrogens is 300 g/mol. The van der Waals surface area contributed by atoms with Gasteiger partial charge in [0, 0.05) is 23.5 Å². The first-order valence-corrected chi connectivity index (χ1v) is 8.89. The van der Waals surface area contributed by atoms with E-state index >= 15 is 0 Å². The van der Waals surface area contributed by atoms with E-state index in [1.165, 1.54) is 32.1 Å². The van der Waals surface area contributed by atoms with Gasteiger partial charge in [-0.2, -0.15) is 0 Å². The smallest absolute Gasteiger partial charge is 0.125 e. The Hall–Kier alpha value is -0.900. The minimum atomic E-state index is 0.726. The largest absolute Gasteiger partial charge is 0.298 e. The van der Waals surface area contributed by atoms with E-state index in [0.717, 1.165) is 33.9 Å². The summed E-state index contributed by atoms with van der Waals surface area (Å²) < 4.78 is 0. The highest BCUT2D eigenvalue weighted by atomic mass is 35.5. The van der Waals surface area contributed by atoms with E-state index in [4.69, 9.17) is 16.6 Å². The number of thiazole rings is 1. The van der Waals surface area contributed by atoms with Gasteiger partial charge in [0.05, 0.1) is 10.7 Å². The average Bonchev–Trinajstić information content (AvgIpc) is 2.97. The van der Waals surface area contributed by atoms with Gasteiger partial charge in [0.1, 0.15) is 5.01 Å². The maximum absolute atomic E-state index is 6.25. The van der Waals surface area contributed by atoms with Crippen molar-refractivity contribution in [1.29, 1.82) is 0 Å². The van der Waals surface area contributed by atoms with Crippen molar-refractivity contribution in [2.75, 3.05) is 7.05 Å². The zero-order valence-corrected chi connectivity index (χ0v) is 14.0. The third kappa shape index (κ3) is 3.65. The topological polar surface area (TPSA) is 16.1 Å². The Kier molecular flexibility index (Phi) is 4.94. The SMILES string of the molecule is CN(Cc1csc(-c2ccccc2Cl)n1)C1CCCCC1. The fourth-order valence-corrected chi connectivity index (χ4v) is 4.18. The molecule has 0 radical (unpaired) electrons. The third-order valence-electron chi connectivity index (χ3n) is 4.27. The van der Waals surface area contributed by atoms with E-state index in [2.05, 4.69) is 17.3 Å². The molecule has 0 saturated heterocycles. The van der Waals surface area contributed by atoms with E-state index < -0.39 is 0 Å². The maximum atomic E-state index is 6.25. The molecule has 1 aliphatic carbocycles. The first-order valence-electron chi connectivity index (χ1n) is 7.63. The highest BCUT2D eigenvalue weighted by molar-refractivity contribution is 7.13. The predicted molar refractivity (Wildman–Crippen MR) is 90.9 cm³/mol. The summed E-state index contributed by atoms with van der Waals surface area (Å²) >= 11 is 7.93. The second kappa shape index (κ2) is 6.91. The van der Waals surface area contributed by atoms with Crippen LogP contribution in [0.4, 0.5) is 0 Å². The van der Waals surface area contributed by atoms with Gasteiger partial charge >= 0.3 is 0 Å². The van der Waals surface area contributed by atoms with Gasteiger partial charge in [0.25, 0.3) is 0 Å². The number of rotatable bonds is 4. The molecule has 0 atom stereocenters. The van der Waals surface area contributed by atoms with E-state index in [1.807, 2.05) is 24.3 Å². The van der Waals surface area contributed by atoms with Crippen molar-refractivity contribution in [3.8, 4) is 10.6 Å². The summed E-state index contributed by atoms with van der Waals surface area (Å²) in [6, 6.07) is 8.65. The Balaban J connectivity index is 1.69. The molecule has 2 nitrogen and oxygen atoms in total. The van der Waals surface area contributed by atoms with Crippen LogP contribution in [0.25, 0.3) is 10.6 Å². The number of nitrogens with zero attached hydrogens (tertiary/aromatic N) is 2. The Morgan fingerprint density at radius 1 is 1.24 bits per heavy atom. The van der Waals surface area contributed by atoms with Gasteiger partial charge in [-0.15, -0.1) is 11.3 Å². The number of benzene rings is 1. The fraction of sp³-hybridized carbons (Fsp3) is 0.471. The molecule has 1 aliphatic rings. The summed E-state index contributed by atoms with van der Waals surface area (Å²) in [5.41, 5.74) is 2.19. The van der Waals surface area contributed by atoms with Crippen LogP contribution >= 0.6 is 22.9 Å². The minimum absolute atomic E-state index is 0.726. The zero-order valence-electron chi connectivity index (χ0n) is 12.4. The average molecular weight is 321 g/mol. The van der Waals surface area contributed by atoms with Gasteiger partial charge in [-0.25, -0.2) is 4.98 Å². The van der Waals surface area contributed by atoms with Crippen LogP contribution in [0.2, 0.25) is 5.02 Å². The summed E-state index contributed by atoms with van der Waals surface area (Å²) in [7, 11) is 2.23. The van der Waals surface area contributed by atoms with Crippen LogP contribution in [-0.4, -0.2) is 23.0 Å². The van der Waals surface area contributed by atoms with E-state index in [0.29, 0.717) is 0 Å². The molecule has 112 valence electrons. The van der Waals surface area contributed by atoms with Crippen LogP contribution in [0.15, 0.2) is 29.6 Å². The van der Waals surface area contributed by atoms with Crippen molar-refractivity contribution in [3.63, 3.8) is 0 Å². The summed E-state index contributed by atoms with van der Waals surface area (Å²) in [6.45, 7) is 0.936. The molecule has 21 heavy (non-hydrogen) atoms. The van der Waals surface area contributed by atoms with Gasteiger partial charge in [0.15, 0.2) is 0 Å². The molecule has 4 heteroatoms. The van der Waals surface area contributed by atoms with Crippen LogP contribution in [0.1, 0.15) is 37.8 Å². The number of halogens is 1. The Labute approximate surface area is 135 Å². The van der Waals surface area contributed by atoms with Crippen molar-refractivity contribution in [2.24, 2.45) is 0 Å². The van der Waals surface area contributed by atoms with Gasteiger partial charge in [-0.05, 0) is 26.0 Å². The number of hydrogen-bond acceptors (Lipinski definition) is 3. The highest BCUT2D eigenvalue weighted by Gasteiger charge is 2.19. The molecule has 1 saturated carbocycles. The summed E-state index contributed by atoms with van der Waals surface area (Å²) in [4.78, 5) is 7.23. The monoisotopic (exact) mass is 320 g/mol. The number of aromatic nitrogens is 1. The fourth-order valence-electron chi connectivity index (χ4n) is 3.04. The Morgan fingerprint density at radius 2 is 2.00 bits per heavy atom. The minimum Gasteiger partial charge on any atom is -0.298 e. The van der Waals surface area contributed by atoms with E-state index in [1.54, 1.807) is 11.3 Å². The van der Waals surface area contributed by atoms with Crippen molar-refractivity contribution in [2.45, 2.75) is 44.7 Å². The lowest BCUT2D eigenvalue weighted by Crippen LogP contribution is -2.32. The van der Waals surface area contributed by atoms with Crippen molar-refractivity contribution in [3.05, 3.63) is 40.4 Å². The quantitative estimate of drug-likeness (QED) is 0.767. The molecule has 0 unspecified atom stereocenters. The molecule has 3 rings (SSSR count). The van der Waals surface area contributed by atoms with Gasteiger partial charge in [-0.3, -0.25) is 4.90 Å². The molecule has 1 aromatic carbocycles. The molecule has 1 aromatic heterocycles. The molecular formula is C17H21ClN2S. The summed E-state index contributed by atoms with van der Waals surface area (Å²) in [5, 5.41) is 3.96. The molecule has 0 aliphatic heterocycles. The summed E-state index contributed by atoms with van der Waals surface area (Å²) in [5.74, 6) is 0. The van der Waals surface area contributed by atoms with Crippen LogP contribution in [-0.2, 0) is 6.54 Å². The first-order chi connectivity index (χ1) is 10.2. The standard InChI is InChI=1S/C17H21ClN2S/c1-20(14-7-3-2-4-8-14)11-13-12-21-17(19-13)15-9-5-6-10-16(15)18/h5-6,9-10,12,14H,2-4,7-8,11H2,1H3. The van der Waals surface area contributed by atoms with Gasteiger partial charge < -0.3 is 0 Å². The molecule has 0 amide bonds. The third-order valence-corrected chi connectivity index (χ3v) is 5.52. The van der Waals surface area contributed by atoms with Crippen molar-refractivity contribution >= 4 is 22.9 Å². The van der Waals surface area contributed by atoms with Crippen LogP contribution in [0.5, 0.6) is 0 Å². The lowest BCUT2D eigenvalue weighted by molar-refractivity contribution is 0.183. The summed E-state index contributed by atoms with van der Waals surface area (Å²) in [6.07, 6.45) is 6.81. The molecule has 0 bridgehead atoms. The molecule has 1 fully saturated rings. The predicted octanol–water partition coefficient (Wildman–Crippen LogP) is 5.23. The zero-order chi connectivity index (χ0) is 14.7. The highest BCUT2D eigenvalue weighted by Crippen LogP contribution is 2.31. The maximum Gasteiger partial charge on any atom is 0.125 e. The van der Waals surface area contributed by atoms with Crippen LogP contribution < -0.4 is 0 Å². The molecule has 2 aromatic rings. The van der Waals surface area contributed by atoms with Crippen LogP contribution in [0, 0.1) is 0 Å². The molecule has 0 spiro atoms. The Morgan fingerprint density at radius 3 is 2.76 bits per heavy atom. The second-order valence-corrected chi connectivity index (χ2v) is 7.10. The first kappa shape index (κ1) is 15.0. The van der Waals surface area contributed by atoms with Crippen molar-refractivity contribution in [1.82, 2.24) is 9.88 Å². The van der Waals surface area contributed by atoms with E-state index in [9.17, 15) is 0 Å². The van der Waals surface area contributed by atoms with Crippen molar-refractivity contribution < 1.29 is 0 Å². The lowest BCUT2D eigenvalue weighted by Gasteiger charge is -2.30. The van der Waals surface area contributed by atoms with Crippen LogP contribution in [0.3, 0.4) is 0 Å². The molecule has 0 N–H and O–H groups in total. The van der Waals surface area contributed by atoms with Gasteiger partial charge in [-0.1, -0.05) is 49.1 Å². The number of hydrogen-bond donors (Lipinski definition) is 0. The Bertz CT molecular complexity index is 590.